The van der Waals surface area contributed by atoms with Crippen LogP contribution in [-0.2, 0) is 0 Å². The van der Waals surface area contributed by atoms with Crippen LogP contribution in [0.25, 0.3) is 21.7 Å². The van der Waals surface area contributed by atoms with Crippen LogP contribution in [0, 0.1) is 0 Å². The first-order chi connectivity index (χ1) is 12.1. The van der Waals surface area contributed by atoms with Crippen molar-refractivity contribution in [3.8, 4) is 10.6 Å². The summed E-state index contributed by atoms with van der Waals surface area (Å²) in [6.07, 6.45) is 0. The first-order valence-electron chi connectivity index (χ1n) is 7.91. The first kappa shape index (κ1) is 15.6. The van der Waals surface area contributed by atoms with Crippen LogP contribution in [0.4, 0.5) is 5.69 Å². The van der Waals surface area contributed by atoms with E-state index in [1.165, 1.54) is 0 Å². The van der Waals surface area contributed by atoms with Crippen LogP contribution in [-0.4, -0.2) is 21.1 Å². The average molecular weight is 352 g/mol. The zero-order chi connectivity index (χ0) is 17.4. The number of aromatic nitrogens is 3. The molecule has 25 heavy (non-hydrogen) atoms. The van der Waals surface area contributed by atoms with E-state index in [2.05, 4.69) is 20.5 Å². The second kappa shape index (κ2) is 6.18. The van der Waals surface area contributed by atoms with Gasteiger partial charge in [-0.3, -0.25) is 9.89 Å². The number of benzene rings is 1. The summed E-state index contributed by atoms with van der Waals surface area (Å²) in [6.45, 7) is 4.05. The largest absolute Gasteiger partial charge is 0.440 e. The zero-order valence-corrected chi connectivity index (χ0v) is 14.6. The van der Waals surface area contributed by atoms with Gasteiger partial charge in [-0.25, -0.2) is 4.98 Å². The van der Waals surface area contributed by atoms with Crippen molar-refractivity contribution in [3.63, 3.8) is 0 Å². The van der Waals surface area contributed by atoms with Gasteiger partial charge in [0.2, 0.25) is 0 Å². The molecule has 126 valence electrons. The molecule has 1 amide bonds. The number of aromatic amines is 1. The Morgan fingerprint density at radius 2 is 2.16 bits per heavy atom. The molecule has 0 radical (unpaired) electrons. The van der Waals surface area contributed by atoms with E-state index in [1.54, 1.807) is 29.5 Å². The summed E-state index contributed by atoms with van der Waals surface area (Å²) in [4.78, 5) is 17.9. The highest BCUT2D eigenvalue weighted by Crippen LogP contribution is 2.25. The molecule has 4 aromatic rings. The number of nitrogens with one attached hydrogen (secondary N) is 2. The van der Waals surface area contributed by atoms with Gasteiger partial charge in [-0.15, -0.1) is 11.3 Å². The second-order valence-corrected chi connectivity index (χ2v) is 6.94. The Morgan fingerprint density at radius 1 is 1.28 bits per heavy atom. The van der Waals surface area contributed by atoms with Gasteiger partial charge in [0.25, 0.3) is 5.91 Å². The number of carbonyl (C=O) groups excluding carboxylic acids is 1. The fourth-order valence-corrected chi connectivity index (χ4v) is 3.15. The number of hydrogen-bond acceptors (Lipinski definition) is 5. The molecule has 0 aliphatic carbocycles. The van der Waals surface area contributed by atoms with Crippen molar-refractivity contribution in [2.75, 3.05) is 5.32 Å². The van der Waals surface area contributed by atoms with E-state index >= 15 is 0 Å². The van der Waals surface area contributed by atoms with Gasteiger partial charge < -0.3 is 9.73 Å². The molecule has 2 N–H and O–H groups in total. The normalized spacial score (nSPS) is 11.3. The molecule has 7 heteroatoms. The van der Waals surface area contributed by atoms with Crippen LogP contribution in [0.1, 0.15) is 36.1 Å². The van der Waals surface area contributed by atoms with Crippen molar-refractivity contribution >= 4 is 34.0 Å². The van der Waals surface area contributed by atoms with E-state index in [9.17, 15) is 4.79 Å². The number of H-pyrrole nitrogens is 1. The third-order valence-electron chi connectivity index (χ3n) is 3.75. The second-order valence-electron chi connectivity index (χ2n) is 5.99. The molecular weight excluding hydrogens is 336 g/mol. The topological polar surface area (TPSA) is 83.8 Å². The van der Waals surface area contributed by atoms with Gasteiger partial charge in [0, 0.05) is 11.6 Å². The highest BCUT2D eigenvalue weighted by molar-refractivity contribution is 7.13. The summed E-state index contributed by atoms with van der Waals surface area (Å²) in [5.74, 6) is 0.627. The fraction of sp³-hybridized carbons (Fsp3) is 0.167. The highest BCUT2D eigenvalue weighted by Gasteiger charge is 2.14. The molecule has 1 aromatic carbocycles. The molecule has 3 heterocycles. The molecular formula is C18H16N4O2S. The molecule has 0 atom stereocenters. The highest BCUT2D eigenvalue weighted by atomic mass is 32.1. The van der Waals surface area contributed by atoms with E-state index in [4.69, 9.17) is 4.42 Å². The van der Waals surface area contributed by atoms with E-state index in [1.807, 2.05) is 37.4 Å². The van der Waals surface area contributed by atoms with Gasteiger partial charge >= 0.3 is 0 Å². The lowest BCUT2D eigenvalue weighted by Gasteiger charge is -2.02. The molecule has 0 unspecified atom stereocenters. The summed E-state index contributed by atoms with van der Waals surface area (Å²) < 4.78 is 5.68. The molecule has 0 fully saturated rings. The summed E-state index contributed by atoms with van der Waals surface area (Å²) in [5, 5.41) is 11.8. The van der Waals surface area contributed by atoms with Crippen LogP contribution in [0.3, 0.4) is 0 Å². The monoisotopic (exact) mass is 352 g/mol. The van der Waals surface area contributed by atoms with Gasteiger partial charge in [-0.1, -0.05) is 19.9 Å². The van der Waals surface area contributed by atoms with Gasteiger partial charge in [0.15, 0.2) is 17.2 Å². The average Bonchev–Trinajstić information content (AvgIpc) is 3.33. The van der Waals surface area contributed by atoms with Crippen LogP contribution < -0.4 is 5.32 Å². The SMILES string of the molecule is CC(C)c1nc2cc(NC(=O)c3cc(-c4cccs4)[nH]n3)ccc2o1. The number of carbonyl (C=O) groups is 1. The first-order valence-corrected chi connectivity index (χ1v) is 8.79. The Balaban J connectivity index is 1.55. The lowest BCUT2D eigenvalue weighted by atomic mass is 10.2. The lowest BCUT2D eigenvalue weighted by Crippen LogP contribution is -2.12. The van der Waals surface area contributed by atoms with Crippen molar-refractivity contribution in [1.82, 2.24) is 15.2 Å². The van der Waals surface area contributed by atoms with E-state index in [0.717, 1.165) is 16.1 Å². The van der Waals surface area contributed by atoms with Crippen molar-refractivity contribution in [2.24, 2.45) is 0 Å². The number of nitrogens with zero attached hydrogens (tertiary/aromatic N) is 2. The van der Waals surface area contributed by atoms with E-state index in [-0.39, 0.29) is 11.8 Å². The third-order valence-corrected chi connectivity index (χ3v) is 4.66. The molecule has 0 saturated heterocycles. The number of amides is 1. The molecule has 3 aromatic heterocycles. The molecule has 0 aliphatic heterocycles. The Kier molecular flexibility index (Phi) is 3.85. The Hall–Kier alpha value is -2.93. The third kappa shape index (κ3) is 3.06. The smallest absolute Gasteiger partial charge is 0.276 e. The quantitative estimate of drug-likeness (QED) is 0.560. The maximum Gasteiger partial charge on any atom is 0.276 e. The lowest BCUT2D eigenvalue weighted by molar-refractivity contribution is 0.102. The summed E-state index contributed by atoms with van der Waals surface area (Å²) >= 11 is 1.59. The number of oxazole rings is 1. The standard InChI is InChI=1S/C18H16N4O2S/c1-10(2)18-20-12-8-11(5-6-15(12)24-18)19-17(23)14-9-13(21-22-14)16-4-3-7-25-16/h3-10H,1-2H3,(H,19,23)(H,21,22). The van der Waals surface area contributed by atoms with Crippen molar-refractivity contribution < 1.29 is 9.21 Å². The predicted molar refractivity (Wildman–Crippen MR) is 98.0 cm³/mol. The van der Waals surface area contributed by atoms with Crippen LogP contribution in [0.5, 0.6) is 0 Å². The summed E-state index contributed by atoms with van der Waals surface area (Å²) in [6, 6.07) is 11.1. The predicted octanol–water partition coefficient (Wildman–Crippen LogP) is 4.66. The molecule has 4 rings (SSSR count). The van der Waals surface area contributed by atoms with E-state index in [0.29, 0.717) is 22.9 Å². The van der Waals surface area contributed by atoms with Gasteiger partial charge in [0.1, 0.15) is 5.52 Å². The van der Waals surface area contributed by atoms with Crippen molar-refractivity contribution in [2.45, 2.75) is 19.8 Å². The fourth-order valence-electron chi connectivity index (χ4n) is 2.46. The minimum atomic E-state index is -0.272. The van der Waals surface area contributed by atoms with Gasteiger partial charge in [-0.2, -0.15) is 5.10 Å². The number of rotatable bonds is 4. The Bertz CT molecular complexity index is 1030. The van der Waals surface area contributed by atoms with Crippen LogP contribution >= 0.6 is 11.3 Å². The summed E-state index contributed by atoms with van der Waals surface area (Å²) in [5.41, 5.74) is 3.26. The molecule has 0 saturated carbocycles. The minimum Gasteiger partial charge on any atom is -0.440 e. The maximum atomic E-state index is 12.4. The number of hydrogen-bond donors (Lipinski definition) is 2. The van der Waals surface area contributed by atoms with E-state index < -0.39 is 0 Å². The minimum absolute atomic E-state index is 0.213. The van der Waals surface area contributed by atoms with Gasteiger partial charge in [0.05, 0.1) is 10.6 Å². The maximum absolute atomic E-state index is 12.4. The van der Waals surface area contributed by atoms with Gasteiger partial charge in [-0.05, 0) is 35.7 Å². The zero-order valence-electron chi connectivity index (χ0n) is 13.7. The number of fused-ring (bicyclic) bond motifs is 1. The number of thiophene rings is 1. The molecule has 6 nitrogen and oxygen atoms in total. The summed E-state index contributed by atoms with van der Waals surface area (Å²) in [7, 11) is 0. The Morgan fingerprint density at radius 3 is 2.92 bits per heavy atom. The van der Waals surface area contributed by atoms with Crippen LogP contribution in [0.15, 0.2) is 46.2 Å². The Labute approximate surface area is 147 Å². The molecule has 0 bridgehead atoms. The molecule has 0 spiro atoms. The van der Waals surface area contributed by atoms with Crippen molar-refractivity contribution in [1.29, 1.82) is 0 Å². The molecule has 0 aliphatic rings. The van der Waals surface area contributed by atoms with Crippen LogP contribution in [0.2, 0.25) is 0 Å². The van der Waals surface area contributed by atoms with Crippen molar-refractivity contribution in [3.05, 3.63) is 53.4 Å². The number of anilines is 1.